The van der Waals surface area contributed by atoms with E-state index >= 15 is 0 Å². The zero-order valence-corrected chi connectivity index (χ0v) is 19.1. The van der Waals surface area contributed by atoms with E-state index in [0.29, 0.717) is 13.1 Å². The van der Waals surface area contributed by atoms with E-state index in [1.165, 1.54) is 11.1 Å². The molecular weight excluding hydrogens is 398 g/mol. The minimum atomic E-state index is -0.0483. The Morgan fingerprint density at radius 3 is 2.41 bits per heavy atom. The van der Waals surface area contributed by atoms with Gasteiger partial charge in [0.2, 0.25) is 0 Å². The molecule has 0 atom stereocenters. The average Bonchev–Trinajstić information content (AvgIpc) is 2.80. The fraction of sp³-hybridized carbons (Fsp3) is 0.346. The van der Waals surface area contributed by atoms with Crippen molar-refractivity contribution in [3.8, 4) is 0 Å². The van der Waals surface area contributed by atoms with Crippen LogP contribution in [0.2, 0.25) is 0 Å². The Hall–Kier alpha value is -3.41. The number of hydrogen-bond acceptors (Lipinski definition) is 4. The first-order chi connectivity index (χ1) is 15.5. The molecule has 1 fully saturated rings. The number of piperazine rings is 1. The van der Waals surface area contributed by atoms with E-state index < -0.39 is 0 Å². The van der Waals surface area contributed by atoms with Gasteiger partial charge in [-0.25, -0.2) is 14.8 Å². The second-order valence-corrected chi connectivity index (χ2v) is 8.31. The molecule has 0 radical (unpaired) electrons. The number of amides is 2. The Balaban J connectivity index is 1.49. The standard InChI is InChI=1S/C26H31N5O/c1-4-24-23(18-21-10-6-5-7-11-21)25(28-20(3)27-24)30-13-15-31(16-14-30)26(32)29-22-12-8-9-19(2)17-22/h5-12,17H,4,13-16,18H2,1-3H3,(H,29,32). The average molecular weight is 430 g/mol. The van der Waals surface area contributed by atoms with Gasteiger partial charge in [0.05, 0.1) is 0 Å². The smallest absolute Gasteiger partial charge is 0.321 e. The van der Waals surface area contributed by atoms with Crippen molar-refractivity contribution in [2.75, 3.05) is 36.4 Å². The highest BCUT2D eigenvalue weighted by atomic mass is 16.2. The van der Waals surface area contributed by atoms with Gasteiger partial charge in [0.1, 0.15) is 11.6 Å². The molecular formula is C26H31N5O. The summed E-state index contributed by atoms with van der Waals surface area (Å²) in [6, 6.07) is 18.3. The van der Waals surface area contributed by atoms with E-state index in [1.807, 2.05) is 49.1 Å². The normalized spacial score (nSPS) is 13.8. The molecule has 1 aliphatic heterocycles. The van der Waals surface area contributed by atoms with Crippen molar-refractivity contribution in [2.45, 2.75) is 33.6 Å². The van der Waals surface area contributed by atoms with Gasteiger partial charge in [-0.1, -0.05) is 49.4 Å². The summed E-state index contributed by atoms with van der Waals surface area (Å²) in [5, 5.41) is 3.02. The molecule has 2 aromatic carbocycles. The van der Waals surface area contributed by atoms with Gasteiger partial charge in [-0.15, -0.1) is 0 Å². The Labute approximate surface area is 190 Å². The molecule has 1 aliphatic rings. The number of carbonyl (C=O) groups excluding carboxylic acids is 1. The predicted molar refractivity (Wildman–Crippen MR) is 129 cm³/mol. The summed E-state index contributed by atoms with van der Waals surface area (Å²) in [6.45, 7) is 8.95. The molecule has 1 aromatic heterocycles. The summed E-state index contributed by atoms with van der Waals surface area (Å²) in [4.78, 5) is 26.5. The maximum absolute atomic E-state index is 12.8. The zero-order valence-electron chi connectivity index (χ0n) is 19.1. The Morgan fingerprint density at radius 1 is 0.969 bits per heavy atom. The molecule has 166 valence electrons. The van der Waals surface area contributed by atoms with Crippen LogP contribution in [0.1, 0.15) is 35.1 Å². The highest BCUT2D eigenvalue weighted by Gasteiger charge is 2.25. The number of carbonyl (C=O) groups is 1. The quantitative estimate of drug-likeness (QED) is 0.644. The minimum absolute atomic E-state index is 0.0483. The third-order valence-electron chi connectivity index (χ3n) is 5.88. The number of hydrogen-bond donors (Lipinski definition) is 1. The van der Waals surface area contributed by atoms with Crippen molar-refractivity contribution in [1.82, 2.24) is 14.9 Å². The van der Waals surface area contributed by atoms with Crippen LogP contribution < -0.4 is 10.2 Å². The van der Waals surface area contributed by atoms with Gasteiger partial charge in [-0.05, 0) is 43.5 Å². The number of nitrogens with zero attached hydrogens (tertiary/aromatic N) is 4. The van der Waals surface area contributed by atoms with Crippen molar-refractivity contribution < 1.29 is 4.79 Å². The third kappa shape index (κ3) is 5.07. The molecule has 4 rings (SSSR count). The van der Waals surface area contributed by atoms with Crippen LogP contribution in [0, 0.1) is 13.8 Å². The minimum Gasteiger partial charge on any atom is -0.353 e. The van der Waals surface area contributed by atoms with Crippen LogP contribution in [0.25, 0.3) is 0 Å². The van der Waals surface area contributed by atoms with E-state index in [-0.39, 0.29) is 6.03 Å². The van der Waals surface area contributed by atoms with Crippen LogP contribution in [0.4, 0.5) is 16.3 Å². The van der Waals surface area contributed by atoms with Crippen LogP contribution >= 0.6 is 0 Å². The van der Waals surface area contributed by atoms with Gasteiger partial charge in [-0.2, -0.15) is 0 Å². The maximum atomic E-state index is 12.8. The predicted octanol–water partition coefficient (Wildman–Crippen LogP) is 4.60. The van der Waals surface area contributed by atoms with Crippen LogP contribution in [0.5, 0.6) is 0 Å². The highest BCUT2D eigenvalue weighted by molar-refractivity contribution is 5.89. The van der Waals surface area contributed by atoms with Gasteiger partial charge in [-0.3, -0.25) is 0 Å². The molecule has 0 spiro atoms. The first kappa shape index (κ1) is 21.8. The van der Waals surface area contributed by atoms with Crippen molar-refractivity contribution in [1.29, 1.82) is 0 Å². The fourth-order valence-corrected chi connectivity index (χ4v) is 4.22. The number of aryl methyl sites for hydroxylation is 3. The highest BCUT2D eigenvalue weighted by Crippen LogP contribution is 2.26. The molecule has 0 bridgehead atoms. The number of benzene rings is 2. The summed E-state index contributed by atoms with van der Waals surface area (Å²) in [5.74, 6) is 1.81. The Bertz CT molecular complexity index is 1070. The van der Waals surface area contributed by atoms with E-state index in [4.69, 9.17) is 9.97 Å². The Morgan fingerprint density at radius 2 is 1.72 bits per heavy atom. The molecule has 3 aromatic rings. The Kier molecular flexibility index (Phi) is 6.69. The van der Waals surface area contributed by atoms with E-state index in [0.717, 1.165) is 54.5 Å². The van der Waals surface area contributed by atoms with Gasteiger partial charge in [0.15, 0.2) is 0 Å². The monoisotopic (exact) mass is 429 g/mol. The van der Waals surface area contributed by atoms with E-state index in [1.54, 1.807) is 0 Å². The van der Waals surface area contributed by atoms with Crippen LogP contribution in [-0.4, -0.2) is 47.1 Å². The first-order valence-electron chi connectivity index (χ1n) is 11.3. The lowest BCUT2D eigenvalue weighted by Crippen LogP contribution is -2.50. The molecule has 1 N–H and O–H groups in total. The van der Waals surface area contributed by atoms with Crippen molar-refractivity contribution >= 4 is 17.5 Å². The van der Waals surface area contributed by atoms with Crippen molar-refractivity contribution in [3.05, 3.63) is 82.8 Å². The molecule has 2 amide bonds. The van der Waals surface area contributed by atoms with Gasteiger partial charge in [0, 0.05) is 49.5 Å². The molecule has 32 heavy (non-hydrogen) atoms. The molecule has 6 heteroatoms. The zero-order chi connectivity index (χ0) is 22.5. The fourth-order valence-electron chi connectivity index (χ4n) is 4.22. The van der Waals surface area contributed by atoms with Gasteiger partial charge >= 0.3 is 6.03 Å². The largest absolute Gasteiger partial charge is 0.353 e. The van der Waals surface area contributed by atoms with Crippen molar-refractivity contribution in [3.63, 3.8) is 0 Å². The summed E-state index contributed by atoms with van der Waals surface area (Å²) < 4.78 is 0. The first-order valence-corrected chi connectivity index (χ1v) is 11.3. The third-order valence-corrected chi connectivity index (χ3v) is 5.88. The SMILES string of the molecule is CCc1nc(C)nc(N2CCN(C(=O)Nc3cccc(C)c3)CC2)c1Cc1ccccc1. The lowest BCUT2D eigenvalue weighted by atomic mass is 10.0. The molecule has 1 saturated heterocycles. The maximum Gasteiger partial charge on any atom is 0.321 e. The summed E-state index contributed by atoms with van der Waals surface area (Å²) >= 11 is 0. The lowest BCUT2D eigenvalue weighted by molar-refractivity contribution is 0.208. The topological polar surface area (TPSA) is 61.4 Å². The van der Waals surface area contributed by atoms with Gasteiger partial charge in [0.25, 0.3) is 0 Å². The lowest BCUT2D eigenvalue weighted by Gasteiger charge is -2.36. The molecule has 0 aliphatic carbocycles. The number of aromatic nitrogens is 2. The van der Waals surface area contributed by atoms with Crippen LogP contribution in [-0.2, 0) is 12.8 Å². The number of urea groups is 1. The molecule has 0 unspecified atom stereocenters. The number of rotatable bonds is 5. The van der Waals surface area contributed by atoms with Crippen LogP contribution in [0.3, 0.4) is 0 Å². The summed E-state index contributed by atoms with van der Waals surface area (Å²) in [6.07, 6.45) is 1.69. The second-order valence-electron chi connectivity index (χ2n) is 8.31. The summed E-state index contributed by atoms with van der Waals surface area (Å²) in [5.41, 5.74) is 5.52. The van der Waals surface area contributed by atoms with Crippen LogP contribution in [0.15, 0.2) is 54.6 Å². The molecule has 0 saturated carbocycles. The van der Waals surface area contributed by atoms with E-state index in [2.05, 4.69) is 41.4 Å². The molecule has 2 heterocycles. The van der Waals surface area contributed by atoms with E-state index in [9.17, 15) is 4.79 Å². The summed E-state index contributed by atoms with van der Waals surface area (Å²) in [7, 11) is 0. The number of nitrogens with one attached hydrogen (secondary N) is 1. The number of anilines is 2. The van der Waals surface area contributed by atoms with Crippen molar-refractivity contribution in [2.24, 2.45) is 0 Å². The van der Waals surface area contributed by atoms with Gasteiger partial charge < -0.3 is 15.1 Å². The molecule has 6 nitrogen and oxygen atoms in total. The second kappa shape index (κ2) is 9.81.